The summed E-state index contributed by atoms with van der Waals surface area (Å²) in [5.41, 5.74) is 1.21. The average Bonchev–Trinajstić information content (AvgIpc) is 2.52. The van der Waals surface area contributed by atoms with E-state index in [1.807, 2.05) is 6.92 Å². The highest BCUT2D eigenvalue weighted by atomic mass is 15.3. The molecule has 6 nitrogen and oxygen atoms in total. The van der Waals surface area contributed by atoms with Crippen molar-refractivity contribution in [2.45, 2.75) is 32.7 Å². The van der Waals surface area contributed by atoms with Gasteiger partial charge in [-0.1, -0.05) is 13.3 Å². The van der Waals surface area contributed by atoms with Crippen molar-refractivity contribution in [1.82, 2.24) is 14.9 Å². The van der Waals surface area contributed by atoms with Gasteiger partial charge >= 0.3 is 0 Å². The zero-order valence-corrected chi connectivity index (χ0v) is 12.6. The molecule has 1 aliphatic rings. The van der Waals surface area contributed by atoms with Crippen LogP contribution in [-0.2, 0) is 0 Å². The Morgan fingerprint density at radius 1 is 1.24 bits per heavy atom. The van der Waals surface area contributed by atoms with E-state index in [-0.39, 0.29) is 6.04 Å². The summed E-state index contributed by atoms with van der Waals surface area (Å²) in [6.07, 6.45) is 1.93. The molecule has 6 heteroatoms. The van der Waals surface area contributed by atoms with Gasteiger partial charge in [-0.2, -0.15) is 10.5 Å². The van der Waals surface area contributed by atoms with E-state index >= 15 is 0 Å². The van der Waals surface area contributed by atoms with Crippen LogP contribution in [0.4, 0.5) is 5.95 Å². The number of rotatable bonds is 4. The van der Waals surface area contributed by atoms with Crippen molar-refractivity contribution in [3.63, 3.8) is 0 Å². The third kappa shape index (κ3) is 3.68. The summed E-state index contributed by atoms with van der Waals surface area (Å²) >= 11 is 0. The Hall–Kier alpha value is -2.18. The minimum absolute atomic E-state index is 0.00486. The molecular formula is C15H20N6. The molecular weight excluding hydrogens is 264 g/mol. The maximum atomic E-state index is 9.23. The number of piperazine rings is 1. The third-order valence-corrected chi connectivity index (χ3v) is 3.71. The van der Waals surface area contributed by atoms with E-state index in [1.54, 1.807) is 6.07 Å². The van der Waals surface area contributed by atoms with E-state index < -0.39 is 0 Å². The molecule has 0 radical (unpaired) electrons. The van der Waals surface area contributed by atoms with Gasteiger partial charge in [0.05, 0.1) is 12.1 Å². The molecule has 0 amide bonds. The lowest BCUT2D eigenvalue weighted by atomic mass is 10.1. The van der Waals surface area contributed by atoms with Crippen molar-refractivity contribution in [2.75, 3.05) is 31.1 Å². The number of aromatic nitrogens is 2. The summed E-state index contributed by atoms with van der Waals surface area (Å²) in [5, 5.41) is 18.2. The van der Waals surface area contributed by atoms with E-state index in [4.69, 9.17) is 5.26 Å². The van der Waals surface area contributed by atoms with E-state index in [0.717, 1.165) is 44.7 Å². The van der Waals surface area contributed by atoms with Crippen LogP contribution < -0.4 is 4.90 Å². The number of nitrogens with zero attached hydrogens (tertiary/aromatic N) is 6. The molecule has 1 unspecified atom stereocenters. The number of aryl methyl sites for hydroxylation is 1. The highest BCUT2D eigenvalue weighted by Gasteiger charge is 2.24. The normalized spacial score (nSPS) is 17.0. The topological polar surface area (TPSA) is 79.8 Å². The molecule has 0 aromatic carbocycles. The molecule has 1 aromatic heterocycles. The van der Waals surface area contributed by atoms with Gasteiger partial charge in [-0.25, -0.2) is 9.97 Å². The van der Waals surface area contributed by atoms with Crippen LogP contribution in [0, 0.1) is 29.6 Å². The van der Waals surface area contributed by atoms with Gasteiger partial charge < -0.3 is 4.90 Å². The molecule has 110 valence electrons. The zero-order valence-electron chi connectivity index (χ0n) is 12.6. The van der Waals surface area contributed by atoms with Gasteiger partial charge in [0, 0.05) is 31.9 Å². The molecule has 2 rings (SSSR count). The van der Waals surface area contributed by atoms with E-state index in [2.05, 4.69) is 38.8 Å². The highest BCUT2D eigenvalue weighted by Crippen LogP contribution is 2.15. The lowest BCUT2D eigenvalue weighted by Gasteiger charge is -2.36. The van der Waals surface area contributed by atoms with Crippen LogP contribution in [0.5, 0.6) is 0 Å². The standard InChI is InChI=1S/C15H20N6/c1-3-4-14(11-17)20-5-7-21(8-6-20)15-18-12(2)9-13(10-16)19-15/h9,14H,3-8H2,1-2H3. The molecule has 1 fully saturated rings. The molecule has 0 spiro atoms. The summed E-state index contributed by atoms with van der Waals surface area (Å²) in [6, 6.07) is 6.15. The van der Waals surface area contributed by atoms with Crippen LogP contribution in [0.3, 0.4) is 0 Å². The summed E-state index contributed by atoms with van der Waals surface area (Å²) in [6.45, 7) is 7.21. The van der Waals surface area contributed by atoms with Crippen LogP contribution in [0.1, 0.15) is 31.2 Å². The number of anilines is 1. The second-order valence-corrected chi connectivity index (χ2v) is 5.26. The van der Waals surface area contributed by atoms with Crippen molar-refractivity contribution < 1.29 is 0 Å². The zero-order chi connectivity index (χ0) is 15.2. The SMILES string of the molecule is CCCC(C#N)N1CCN(c2nc(C)cc(C#N)n2)CC1. The first-order valence-corrected chi connectivity index (χ1v) is 7.32. The van der Waals surface area contributed by atoms with Crippen molar-refractivity contribution in [1.29, 1.82) is 10.5 Å². The minimum Gasteiger partial charge on any atom is -0.338 e. The van der Waals surface area contributed by atoms with Gasteiger partial charge in [0.25, 0.3) is 0 Å². The van der Waals surface area contributed by atoms with Gasteiger partial charge in [-0.05, 0) is 19.4 Å². The van der Waals surface area contributed by atoms with Gasteiger partial charge in [-0.3, -0.25) is 4.90 Å². The number of nitriles is 2. The van der Waals surface area contributed by atoms with Crippen LogP contribution in [0.25, 0.3) is 0 Å². The molecule has 1 aliphatic heterocycles. The van der Waals surface area contributed by atoms with Gasteiger partial charge in [-0.15, -0.1) is 0 Å². The monoisotopic (exact) mass is 284 g/mol. The van der Waals surface area contributed by atoms with Crippen molar-refractivity contribution in [2.24, 2.45) is 0 Å². The number of hydrogen-bond acceptors (Lipinski definition) is 6. The summed E-state index contributed by atoms with van der Waals surface area (Å²) in [7, 11) is 0. The fraction of sp³-hybridized carbons (Fsp3) is 0.600. The largest absolute Gasteiger partial charge is 0.338 e. The first kappa shape index (κ1) is 15.2. The Morgan fingerprint density at radius 3 is 2.52 bits per heavy atom. The molecule has 0 N–H and O–H groups in total. The van der Waals surface area contributed by atoms with E-state index in [9.17, 15) is 5.26 Å². The molecule has 0 aliphatic carbocycles. The van der Waals surface area contributed by atoms with Crippen LogP contribution in [0.15, 0.2) is 6.07 Å². The maximum absolute atomic E-state index is 9.23. The molecule has 21 heavy (non-hydrogen) atoms. The van der Waals surface area contributed by atoms with Crippen molar-refractivity contribution >= 4 is 5.95 Å². The van der Waals surface area contributed by atoms with E-state index in [0.29, 0.717) is 11.6 Å². The number of hydrogen-bond donors (Lipinski definition) is 0. The minimum atomic E-state index is 0.00486. The quantitative estimate of drug-likeness (QED) is 0.833. The van der Waals surface area contributed by atoms with Crippen LogP contribution in [-0.4, -0.2) is 47.1 Å². The Bertz CT molecular complexity index is 563. The lowest BCUT2D eigenvalue weighted by Crippen LogP contribution is -2.50. The Morgan fingerprint density at radius 2 is 1.95 bits per heavy atom. The van der Waals surface area contributed by atoms with Gasteiger partial charge in [0.2, 0.25) is 5.95 Å². The first-order valence-electron chi connectivity index (χ1n) is 7.32. The molecule has 2 heterocycles. The van der Waals surface area contributed by atoms with Crippen LogP contribution >= 0.6 is 0 Å². The van der Waals surface area contributed by atoms with E-state index in [1.165, 1.54) is 0 Å². The fourth-order valence-electron chi connectivity index (χ4n) is 2.59. The highest BCUT2D eigenvalue weighted by molar-refractivity contribution is 5.36. The second-order valence-electron chi connectivity index (χ2n) is 5.26. The second kappa shape index (κ2) is 7.01. The average molecular weight is 284 g/mol. The third-order valence-electron chi connectivity index (χ3n) is 3.71. The Balaban J connectivity index is 2.03. The predicted octanol–water partition coefficient (Wildman–Crippen LogP) is 1.47. The molecule has 1 saturated heterocycles. The van der Waals surface area contributed by atoms with Crippen molar-refractivity contribution in [3.05, 3.63) is 17.5 Å². The molecule has 0 bridgehead atoms. The van der Waals surface area contributed by atoms with Crippen LogP contribution in [0.2, 0.25) is 0 Å². The summed E-state index contributed by atoms with van der Waals surface area (Å²) < 4.78 is 0. The molecule has 1 atom stereocenters. The maximum Gasteiger partial charge on any atom is 0.226 e. The Kier molecular flexibility index (Phi) is 5.08. The first-order chi connectivity index (χ1) is 10.2. The molecule has 1 aromatic rings. The predicted molar refractivity (Wildman–Crippen MR) is 79.6 cm³/mol. The summed E-state index contributed by atoms with van der Waals surface area (Å²) in [4.78, 5) is 13.0. The van der Waals surface area contributed by atoms with Crippen molar-refractivity contribution in [3.8, 4) is 12.1 Å². The molecule has 0 saturated carbocycles. The lowest BCUT2D eigenvalue weighted by molar-refractivity contribution is 0.210. The van der Waals surface area contributed by atoms with Gasteiger partial charge in [0.15, 0.2) is 0 Å². The fourth-order valence-corrected chi connectivity index (χ4v) is 2.59. The summed E-state index contributed by atoms with van der Waals surface area (Å²) in [5.74, 6) is 0.621. The smallest absolute Gasteiger partial charge is 0.226 e. The van der Waals surface area contributed by atoms with Gasteiger partial charge in [0.1, 0.15) is 11.8 Å². The Labute approximate surface area is 125 Å².